The van der Waals surface area contributed by atoms with Gasteiger partial charge in [0.25, 0.3) is 0 Å². The molecule has 6 nitrogen and oxygen atoms in total. The van der Waals surface area contributed by atoms with Gasteiger partial charge >= 0.3 is 0 Å². The average molecular weight is 483 g/mol. The fourth-order valence-electron chi connectivity index (χ4n) is 6.27. The van der Waals surface area contributed by atoms with Crippen LogP contribution in [0.15, 0.2) is 72.8 Å². The number of anilines is 2. The molecule has 1 spiro atoms. The van der Waals surface area contributed by atoms with Crippen LogP contribution in [0.2, 0.25) is 0 Å². The summed E-state index contributed by atoms with van der Waals surface area (Å²) in [7, 11) is 1.57. The molecule has 36 heavy (non-hydrogen) atoms. The smallest absolute Gasteiger partial charge is 0.238 e. The Kier molecular flexibility index (Phi) is 4.86. The summed E-state index contributed by atoms with van der Waals surface area (Å²) in [6.07, 6.45) is 3.76. The molecule has 3 heterocycles. The van der Waals surface area contributed by atoms with Gasteiger partial charge < -0.3 is 15.0 Å². The van der Waals surface area contributed by atoms with Crippen LogP contribution in [-0.4, -0.2) is 36.7 Å². The molecule has 3 aromatic rings. The van der Waals surface area contributed by atoms with Crippen LogP contribution in [0.4, 0.5) is 15.8 Å². The number of benzene rings is 3. The Morgan fingerprint density at radius 1 is 1.06 bits per heavy atom. The Morgan fingerprint density at radius 3 is 2.56 bits per heavy atom. The first kappa shape index (κ1) is 22.2. The third-order valence-corrected chi connectivity index (χ3v) is 7.68. The maximum atomic E-state index is 14.9. The highest BCUT2D eigenvalue weighted by atomic mass is 19.1. The van der Waals surface area contributed by atoms with E-state index in [0.717, 1.165) is 5.56 Å². The maximum Gasteiger partial charge on any atom is 0.238 e. The lowest BCUT2D eigenvalue weighted by atomic mass is 9.64. The number of ketones is 2. The Bertz CT molecular complexity index is 1480. The first-order valence-electron chi connectivity index (χ1n) is 11.7. The minimum absolute atomic E-state index is 0.135. The zero-order chi connectivity index (χ0) is 25.2. The summed E-state index contributed by atoms with van der Waals surface area (Å²) < 4.78 is 20.3. The number of carbonyl (C=O) groups is 3. The number of rotatable bonds is 4. The van der Waals surface area contributed by atoms with Crippen molar-refractivity contribution in [2.75, 3.05) is 17.3 Å². The second kappa shape index (κ2) is 7.88. The summed E-state index contributed by atoms with van der Waals surface area (Å²) in [5.74, 6) is -2.42. The Morgan fingerprint density at radius 2 is 1.81 bits per heavy atom. The highest BCUT2D eigenvalue weighted by molar-refractivity contribution is 6.16. The molecule has 180 valence electrons. The van der Waals surface area contributed by atoms with E-state index < -0.39 is 35.0 Å². The molecule has 1 saturated heterocycles. The number of hydrogen-bond donors (Lipinski definition) is 1. The molecule has 6 rings (SSSR count). The topological polar surface area (TPSA) is 75.7 Å². The number of fused-ring (bicyclic) bond motifs is 6. The molecular formula is C29H23FN2O4. The summed E-state index contributed by atoms with van der Waals surface area (Å²) in [5.41, 5.74) is 1.17. The molecule has 7 heteroatoms. The van der Waals surface area contributed by atoms with Crippen LogP contribution in [0.3, 0.4) is 0 Å². The van der Waals surface area contributed by atoms with Gasteiger partial charge in [-0.3, -0.25) is 14.4 Å². The number of carbonyl (C=O) groups excluding carboxylic acids is 3. The van der Waals surface area contributed by atoms with Crippen molar-refractivity contribution in [1.82, 2.24) is 0 Å². The molecule has 1 fully saturated rings. The predicted octanol–water partition coefficient (Wildman–Crippen LogP) is 4.40. The van der Waals surface area contributed by atoms with Gasteiger partial charge in [-0.2, -0.15) is 0 Å². The van der Waals surface area contributed by atoms with Gasteiger partial charge in [0.2, 0.25) is 5.91 Å². The Hall–Kier alpha value is -4.26. The lowest BCUT2D eigenvalue weighted by Gasteiger charge is -2.37. The van der Waals surface area contributed by atoms with Crippen LogP contribution >= 0.6 is 0 Å². The molecule has 0 unspecified atom stereocenters. The molecule has 0 aliphatic carbocycles. The molecule has 3 aromatic carbocycles. The van der Waals surface area contributed by atoms with Gasteiger partial charge in [0.15, 0.2) is 11.6 Å². The zero-order valence-electron chi connectivity index (χ0n) is 19.7. The summed E-state index contributed by atoms with van der Waals surface area (Å²) >= 11 is 0. The summed E-state index contributed by atoms with van der Waals surface area (Å²) in [6, 6.07) is 16.8. The molecular weight excluding hydrogens is 459 g/mol. The molecule has 0 bridgehead atoms. The van der Waals surface area contributed by atoms with Crippen molar-refractivity contribution >= 4 is 34.9 Å². The van der Waals surface area contributed by atoms with Gasteiger partial charge in [0, 0.05) is 16.9 Å². The van der Waals surface area contributed by atoms with Crippen LogP contribution < -0.4 is 15.0 Å². The quantitative estimate of drug-likeness (QED) is 0.558. The molecule has 1 N–H and O–H groups in total. The van der Waals surface area contributed by atoms with Crippen LogP contribution in [0.1, 0.15) is 28.4 Å². The van der Waals surface area contributed by atoms with E-state index in [2.05, 4.69) is 5.32 Å². The van der Waals surface area contributed by atoms with Gasteiger partial charge in [-0.05, 0) is 48.9 Å². The molecule has 1 amide bonds. The van der Waals surface area contributed by atoms with E-state index in [4.69, 9.17) is 4.74 Å². The highest BCUT2D eigenvalue weighted by Crippen LogP contribution is 2.58. The van der Waals surface area contributed by atoms with Gasteiger partial charge in [-0.25, -0.2) is 4.39 Å². The molecule has 3 aliphatic heterocycles. The second-order valence-electron chi connectivity index (χ2n) is 9.38. The molecule has 0 saturated carbocycles. The van der Waals surface area contributed by atoms with E-state index in [1.807, 2.05) is 41.3 Å². The molecule has 0 aromatic heterocycles. The first-order valence-corrected chi connectivity index (χ1v) is 11.7. The van der Waals surface area contributed by atoms with E-state index >= 15 is 0 Å². The van der Waals surface area contributed by atoms with E-state index in [-0.39, 0.29) is 17.3 Å². The van der Waals surface area contributed by atoms with Crippen LogP contribution in [0.5, 0.6) is 5.75 Å². The van der Waals surface area contributed by atoms with Crippen LogP contribution in [-0.2, 0) is 15.0 Å². The van der Waals surface area contributed by atoms with Crippen molar-refractivity contribution in [3.63, 3.8) is 0 Å². The summed E-state index contributed by atoms with van der Waals surface area (Å²) in [5, 5.41) is 2.94. The van der Waals surface area contributed by atoms with Crippen molar-refractivity contribution in [2.45, 2.75) is 24.4 Å². The lowest BCUT2D eigenvalue weighted by molar-refractivity contribution is -0.122. The SMILES string of the molecule is COc1ccc2c(c1)C=C[C@@H]1N2[C@H](C(C)=O)[C@H](C(=O)c2ccccc2F)[C@@]12C(=O)Nc1ccccc12. The van der Waals surface area contributed by atoms with Crippen LogP contribution in [0, 0.1) is 11.7 Å². The fourth-order valence-corrected chi connectivity index (χ4v) is 6.27. The zero-order valence-corrected chi connectivity index (χ0v) is 19.7. The minimum atomic E-state index is -1.43. The normalized spacial score (nSPS) is 25.2. The van der Waals surface area contributed by atoms with Gasteiger partial charge in [0.1, 0.15) is 17.0 Å². The lowest BCUT2D eigenvalue weighted by Crippen LogP contribution is -2.51. The van der Waals surface area contributed by atoms with Crippen molar-refractivity contribution in [3.8, 4) is 5.75 Å². The predicted molar refractivity (Wildman–Crippen MR) is 134 cm³/mol. The van der Waals surface area contributed by atoms with Gasteiger partial charge in [-0.15, -0.1) is 0 Å². The molecule has 4 atom stereocenters. The maximum absolute atomic E-state index is 14.9. The monoisotopic (exact) mass is 482 g/mol. The van der Waals surface area contributed by atoms with E-state index in [9.17, 15) is 18.8 Å². The van der Waals surface area contributed by atoms with Crippen molar-refractivity contribution in [1.29, 1.82) is 0 Å². The number of methoxy groups -OCH3 is 1. The van der Waals surface area contributed by atoms with Crippen LogP contribution in [0.25, 0.3) is 6.08 Å². The summed E-state index contributed by atoms with van der Waals surface area (Å²) in [6.45, 7) is 1.42. The van der Waals surface area contributed by atoms with E-state index in [1.54, 1.807) is 31.4 Å². The fraction of sp³-hybridized carbons (Fsp3) is 0.207. The van der Waals surface area contributed by atoms with Crippen molar-refractivity contribution < 1.29 is 23.5 Å². The van der Waals surface area contributed by atoms with Crippen molar-refractivity contribution in [2.24, 2.45) is 5.92 Å². The van der Waals surface area contributed by atoms with Gasteiger partial charge in [-0.1, -0.05) is 42.5 Å². The Labute approximate surface area is 207 Å². The van der Waals surface area contributed by atoms with Crippen molar-refractivity contribution in [3.05, 3.63) is 95.3 Å². The largest absolute Gasteiger partial charge is 0.497 e. The highest BCUT2D eigenvalue weighted by Gasteiger charge is 2.70. The first-order chi connectivity index (χ1) is 17.4. The number of amides is 1. The number of para-hydroxylation sites is 1. The summed E-state index contributed by atoms with van der Waals surface area (Å²) in [4.78, 5) is 43.4. The molecule has 3 aliphatic rings. The Balaban J connectivity index is 1.66. The number of ether oxygens (including phenoxy) is 1. The third kappa shape index (κ3) is 2.80. The third-order valence-electron chi connectivity index (χ3n) is 7.68. The van der Waals surface area contributed by atoms with Gasteiger partial charge in [0.05, 0.1) is 30.7 Å². The molecule has 0 radical (unpaired) electrons. The van der Waals surface area contributed by atoms with E-state index in [1.165, 1.54) is 25.1 Å². The van der Waals surface area contributed by atoms with E-state index in [0.29, 0.717) is 22.7 Å². The average Bonchev–Trinajstić information content (AvgIpc) is 3.36. The number of hydrogen-bond acceptors (Lipinski definition) is 5. The number of halogens is 1. The minimum Gasteiger partial charge on any atom is -0.497 e. The second-order valence-corrected chi connectivity index (χ2v) is 9.38. The number of Topliss-reactive ketones (excluding diaryl/α,β-unsaturated/α-hetero) is 2. The number of nitrogens with one attached hydrogen (secondary N) is 1. The standard InChI is InChI=1S/C29H23FN2O4/c1-16(33)26-25(27(34)19-7-3-5-9-21(19)30)29(20-8-4-6-10-22(20)31-28(29)35)24-14-11-17-15-18(36-2)12-13-23(17)32(24)26/h3-15,24-26H,1-2H3,(H,31,35)/t24-,25+,26+,29-/m0/s1. The number of nitrogens with zero attached hydrogens (tertiary/aromatic N) is 1.